The average Bonchev–Trinajstić information content (AvgIpc) is 3.11. The van der Waals surface area contributed by atoms with Crippen LogP contribution in [0.25, 0.3) is 0 Å². The van der Waals surface area contributed by atoms with Crippen molar-refractivity contribution in [2.45, 2.75) is 18.9 Å². The Bertz CT molecular complexity index is 877. The molecule has 1 aromatic heterocycles. The van der Waals surface area contributed by atoms with Crippen molar-refractivity contribution in [2.75, 3.05) is 13.1 Å². The van der Waals surface area contributed by atoms with E-state index in [1.165, 1.54) is 12.3 Å². The Morgan fingerprint density at radius 1 is 1.42 bits per heavy atom. The van der Waals surface area contributed by atoms with Crippen LogP contribution >= 0.6 is 0 Å². The quantitative estimate of drug-likeness (QED) is 0.602. The van der Waals surface area contributed by atoms with Crippen molar-refractivity contribution in [3.63, 3.8) is 0 Å². The van der Waals surface area contributed by atoms with E-state index in [0.717, 1.165) is 0 Å². The second-order valence-corrected chi connectivity index (χ2v) is 5.93. The van der Waals surface area contributed by atoms with Crippen molar-refractivity contribution in [3.05, 3.63) is 63.8 Å². The maximum Gasteiger partial charge on any atom is 0.273 e. The van der Waals surface area contributed by atoms with Crippen LogP contribution in [-0.4, -0.2) is 39.9 Å². The highest BCUT2D eigenvalue weighted by Gasteiger charge is 2.29. The van der Waals surface area contributed by atoms with Crippen LogP contribution in [0.15, 0.2) is 42.6 Å². The molecule has 1 aliphatic rings. The van der Waals surface area contributed by atoms with E-state index >= 15 is 0 Å². The Labute approximate surface area is 149 Å². The molecule has 1 aliphatic heterocycles. The van der Waals surface area contributed by atoms with Gasteiger partial charge in [0.15, 0.2) is 0 Å². The number of rotatable bonds is 5. The number of carbonyl (C=O) groups excluding carboxylic acids is 1. The second kappa shape index (κ2) is 7.61. The number of benzene rings is 1. The topological polar surface area (TPSA) is 109 Å². The number of hydrogen-bond donors (Lipinski definition) is 0. The van der Waals surface area contributed by atoms with Gasteiger partial charge in [-0.3, -0.25) is 14.9 Å². The van der Waals surface area contributed by atoms with E-state index in [1.54, 1.807) is 35.2 Å². The van der Waals surface area contributed by atoms with Gasteiger partial charge in [-0.2, -0.15) is 5.26 Å². The summed E-state index contributed by atoms with van der Waals surface area (Å²) < 4.78 is 5.75. The molecule has 0 radical (unpaired) electrons. The minimum Gasteiger partial charge on any atom is -0.472 e. The van der Waals surface area contributed by atoms with Crippen LogP contribution in [-0.2, 0) is 11.2 Å². The van der Waals surface area contributed by atoms with Gasteiger partial charge in [0.25, 0.3) is 5.69 Å². The molecule has 2 aromatic rings. The van der Waals surface area contributed by atoms with Crippen LogP contribution in [0.4, 0.5) is 5.69 Å². The standard InChI is InChI=1S/C18H16N4O4/c19-11-13-5-7-20-17(9-13)26-15-6-8-21(12-15)18(23)10-14-3-1-2-4-16(14)22(24)25/h1-5,7,9,15H,6,8,10,12H2. The van der Waals surface area contributed by atoms with Crippen LogP contribution in [0.1, 0.15) is 17.5 Å². The van der Waals surface area contributed by atoms with Crippen molar-refractivity contribution < 1.29 is 14.5 Å². The first kappa shape index (κ1) is 17.4. The molecule has 3 rings (SSSR count). The number of amides is 1. The van der Waals surface area contributed by atoms with E-state index in [2.05, 4.69) is 4.98 Å². The molecule has 0 aliphatic carbocycles. The SMILES string of the molecule is N#Cc1ccnc(OC2CCN(C(=O)Cc3ccccc3[N+](=O)[O-])C2)c1. The third-order valence-corrected chi connectivity index (χ3v) is 4.18. The number of nitrogens with zero attached hydrogens (tertiary/aromatic N) is 4. The Balaban J connectivity index is 1.61. The molecule has 0 bridgehead atoms. The molecule has 1 fully saturated rings. The van der Waals surface area contributed by atoms with Gasteiger partial charge in [-0.1, -0.05) is 18.2 Å². The molecule has 0 spiro atoms. The first-order valence-electron chi connectivity index (χ1n) is 8.09. The predicted molar refractivity (Wildman–Crippen MR) is 91.4 cm³/mol. The van der Waals surface area contributed by atoms with E-state index in [-0.39, 0.29) is 24.1 Å². The molecule has 1 atom stereocenters. The lowest BCUT2D eigenvalue weighted by atomic mass is 10.1. The first-order valence-corrected chi connectivity index (χ1v) is 8.09. The molecule has 0 saturated carbocycles. The number of hydrogen-bond acceptors (Lipinski definition) is 6. The Kier molecular flexibility index (Phi) is 5.08. The monoisotopic (exact) mass is 352 g/mol. The molecule has 132 valence electrons. The highest BCUT2D eigenvalue weighted by molar-refractivity contribution is 5.80. The van der Waals surface area contributed by atoms with E-state index in [1.807, 2.05) is 6.07 Å². The zero-order valence-electron chi connectivity index (χ0n) is 13.9. The third kappa shape index (κ3) is 3.95. The summed E-state index contributed by atoms with van der Waals surface area (Å²) in [5, 5.41) is 20.0. The second-order valence-electron chi connectivity index (χ2n) is 5.93. The van der Waals surface area contributed by atoms with Gasteiger partial charge in [-0.15, -0.1) is 0 Å². The van der Waals surface area contributed by atoms with Gasteiger partial charge in [0.1, 0.15) is 6.10 Å². The van der Waals surface area contributed by atoms with Gasteiger partial charge < -0.3 is 9.64 Å². The van der Waals surface area contributed by atoms with Crippen molar-refractivity contribution in [2.24, 2.45) is 0 Å². The van der Waals surface area contributed by atoms with Gasteiger partial charge in [0.2, 0.25) is 11.8 Å². The van der Waals surface area contributed by atoms with E-state index in [0.29, 0.717) is 36.5 Å². The summed E-state index contributed by atoms with van der Waals surface area (Å²) in [4.78, 5) is 28.8. The number of nitro groups is 1. The third-order valence-electron chi connectivity index (χ3n) is 4.18. The van der Waals surface area contributed by atoms with Gasteiger partial charge in [-0.25, -0.2) is 4.98 Å². The fourth-order valence-electron chi connectivity index (χ4n) is 2.88. The van der Waals surface area contributed by atoms with Crippen molar-refractivity contribution in [3.8, 4) is 11.9 Å². The lowest BCUT2D eigenvalue weighted by Crippen LogP contribution is -2.32. The smallest absolute Gasteiger partial charge is 0.273 e. The molecule has 0 N–H and O–H groups in total. The van der Waals surface area contributed by atoms with E-state index < -0.39 is 4.92 Å². The molecule has 2 heterocycles. The minimum atomic E-state index is -0.480. The maximum absolute atomic E-state index is 12.5. The van der Waals surface area contributed by atoms with E-state index in [9.17, 15) is 14.9 Å². The summed E-state index contributed by atoms with van der Waals surface area (Å²) in [6.07, 6.45) is 1.90. The van der Waals surface area contributed by atoms with Crippen molar-refractivity contribution in [1.29, 1.82) is 5.26 Å². The number of nitro benzene ring substituents is 1. The number of likely N-dealkylation sites (tertiary alicyclic amines) is 1. The van der Waals surface area contributed by atoms with Crippen LogP contribution < -0.4 is 4.74 Å². The molecule has 8 nitrogen and oxygen atoms in total. The molecule has 1 saturated heterocycles. The molecular formula is C18H16N4O4. The Hall–Kier alpha value is -3.47. The fraction of sp³-hybridized carbons (Fsp3) is 0.278. The summed E-state index contributed by atoms with van der Waals surface area (Å²) in [5.74, 6) is 0.172. The molecular weight excluding hydrogens is 336 g/mol. The van der Waals surface area contributed by atoms with Crippen LogP contribution in [0.3, 0.4) is 0 Å². The number of ether oxygens (including phenoxy) is 1. The maximum atomic E-state index is 12.5. The zero-order valence-corrected chi connectivity index (χ0v) is 13.9. The highest BCUT2D eigenvalue weighted by Crippen LogP contribution is 2.21. The molecule has 1 amide bonds. The van der Waals surface area contributed by atoms with Crippen LogP contribution in [0.2, 0.25) is 0 Å². The molecule has 1 unspecified atom stereocenters. The van der Waals surface area contributed by atoms with Gasteiger partial charge in [-0.05, 0) is 6.07 Å². The number of aromatic nitrogens is 1. The van der Waals surface area contributed by atoms with Gasteiger partial charge in [0.05, 0.1) is 29.5 Å². The van der Waals surface area contributed by atoms with Gasteiger partial charge >= 0.3 is 0 Å². The minimum absolute atomic E-state index is 0.0218. The zero-order chi connectivity index (χ0) is 18.5. The largest absolute Gasteiger partial charge is 0.472 e. The first-order chi connectivity index (χ1) is 12.6. The average molecular weight is 352 g/mol. The lowest BCUT2D eigenvalue weighted by Gasteiger charge is -2.17. The van der Waals surface area contributed by atoms with Crippen molar-refractivity contribution in [1.82, 2.24) is 9.88 Å². The van der Waals surface area contributed by atoms with Crippen LogP contribution in [0, 0.1) is 21.4 Å². The number of pyridine rings is 1. The molecule has 8 heteroatoms. The number of nitriles is 1. The molecule has 1 aromatic carbocycles. The summed E-state index contributed by atoms with van der Waals surface area (Å²) in [7, 11) is 0. The van der Waals surface area contributed by atoms with Crippen molar-refractivity contribution >= 4 is 11.6 Å². The summed E-state index contributed by atoms with van der Waals surface area (Å²) in [5.41, 5.74) is 0.804. The lowest BCUT2D eigenvalue weighted by molar-refractivity contribution is -0.385. The highest BCUT2D eigenvalue weighted by atomic mass is 16.6. The predicted octanol–water partition coefficient (Wildman–Crippen LogP) is 2.08. The van der Waals surface area contributed by atoms with Crippen LogP contribution in [0.5, 0.6) is 5.88 Å². The fourth-order valence-corrected chi connectivity index (χ4v) is 2.88. The van der Waals surface area contributed by atoms with E-state index in [4.69, 9.17) is 10.00 Å². The number of carbonyl (C=O) groups is 1. The number of para-hydroxylation sites is 1. The summed E-state index contributed by atoms with van der Waals surface area (Å²) >= 11 is 0. The Morgan fingerprint density at radius 2 is 2.23 bits per heavy atom. The normalized spacial score (nSPS) is 16.1. The van der Waals surface area contributed by atoms with Gasteiger partial charge in [0, 0.05) is 36.9 Å². The summed E-state index contributed by atoms with van der Waals surface area (Å²) in [6.45, 7) is 0.903. The Morgan fingerprint density at radius 3 is 3.00 bits per heavy atom. The summed E-state index contributed by atoms with van der Waals surface area (Å²) in [6, 6.07) is 11.4. The molecule has 26 heavy (non-hydrogen) atoms.